The molecule has 1 aliphatic rings. The molecule has 0 aliphatic carbocycles. The van der Waals surface area contributed by atoms with Crippen LogP contribution in [-0.2, 0) is 4.74 Å². The van der Waals surface area contributed by atoms with Crippen LogP contribution in [0.1, 0.15) is 51.5 Å². The Kier molecular flexibility index (Phi) is 6.19. The Bertz CT molecular complexity index is 435. The third-order valence-corrected chi connectivity index (χ3v) is 4.13. The van der Waals surface area contributed by atoms with Gasteiger partial charge in [0, 0.05) is 6.54 Å². The number of rotatable bonds is 7. The van der Waals surface area contributed by atoms with Crippen molar-refractivity contribution in [2.45, 2.75) is 58.2 Å². The third kappa shape index (κ3) is 5.40. The van der Waals surface area contributed by atoms with Crippen molar-refractivity contribution in [1.29, 1.82) is 0 Å². The van der Waals surface area contributed by atoms with Gasteiger partial charge in [-0.25, -0.2) is 4.39 Å². The van der Waals surface area contributed by atoms with Gasteiger partial charge in [-0.1, -0.05) is 26.0 Å². The van der Waals surface area contributed by atoms with E-state index in [1.807, 2.05) is 6.07 Å². The summed E-state index contributed by atoms with van der Waals surface area (Å²) in [6, 6.07) is 7.01. The number of hydrogen-bond donors (Lipinski definition) is 1. The van der Waals surface area contributed by atoms with Gasteiger partial charge in [0.05, 0.1) is 12.2 Å². The van der Waals surface area contributed by atoms with Crippen molar-refractivity contribution in [3.63, 3.8) is 0 Å². The van der Waals surface area contributed by atoms with E-state index in [-0.39, 0.29) is 5.82 Å². The Morgan fingerprint density at radius 2 is 2.10 bits per heavy atom. The third-order valence-electron chi connectivity index (χ3n) is 4.13. The van der Waals surface area contributed by atoms with Crippen LogP contribution in [0.4, 0.5) is 4.39 Å². The lowest BCUT2D eigenvalue weighted by atomic mass is 9.92. The van der Waals surface area contributed by atoms with Crippen molar-refractivity contribution in [3.8, 4) is 0 Å². The van der Waals surface area contributed by atoms with E-state index < -0.39 is 0 Å². The molecule has 1 saturated heterocycles. The molecule has 3 atom stereocenters. The van der Waals surface area contributed by atoms with Gasteiger partial charge < -0.3 is 10.1 Å². The second-order valence-corrected chi connectivity index (χ2v) is 6.69. The molecule has 0 bridgehead atoms. The van der Waals surface area contributed by atoms with Gasteiger partial charge in [0.25, 0.3) is 0 Å². The highest BCUT2D eigenvalue weighted by atomic mass is 19.1. The van der Waals surface area contributed by atoms with Crippen LogP contribution in [0.3, 0.4) is 0 Å². The van der Waals surface area contributed by atoms with Crippen molar-refractivity contribution in [2.75, 3.05) is 13.1 Å². The predicted molar refractivity (Wildman–Crippen MR) is 85.0 cm³/mol. The topological polar surface area (TPSA) is 21.3 Å². The second-order valence-electron chi connectivity index (χ2n) is 6.69. The Labute approximate surface area is 128 Å². The summed E-state index contributed by atoms with van der Waals surface area (Å²) >= 11 is 0. The van der Waals surface area contributed by atoms with E-state index in [4.69, 9.17) is 4.74 Å². The van der Waals surface area contributed by atoms with Crippen LogP contribution in [0.25, 0.3) is 0 Å². The SMILES string of the molecule is CC(C)CNCC(CC1CCC(C)O1)c1cccc(F)c1. The van der Waals surface area contributed by atoms with Crippen LogP contribution in [-0.4, -0.2) is 25.3 Å². The maximum atomic E-state index is 13.5. The van der Waals surface area contributed by atoms with E-state index >= 15 is 0 Å². The molecule has 1 aromatic carbocycles. The van der Waals surface area contributed by atoms with Crippen molar-refractivity contribution >= 4 is 0 Å². The fourth-order valence-electron chi connectivity index (χ4n) is 3.02. The lowest BCUT2D eigenvalue weighted by Crippen LogP contribution is -2.27. The van der Waals surface area contributed by atoms with E-state index in [1.165, 1.54) is 6.07 Å². The number of halogens is 1. The van der Waals surface area contributed by atoms with Gasteiger partial charge in [-0.2, -0.15) is 0 Å². The monoisotopic (exact) mass is 293 g/mol. The zero-order chi connectivity index (χ0) is 15.2. The Morgan fingerprint density at radius 1 is 1.29 bits per heavy atom. The fourth-order valence-corrected chi connectivity index (χ4v) is 3.02. The highest BCUT2D eigenvalue weighted by Crippen LogP contribution is 2.29. The molecule has 3 unspecified atom stereocenters. The van der Waals surface area contributed by atoms with E-state index in [1.54, 1.807) is 12.1 Å². The molecular formula is C18H28FNO. The van der Waals surface area contributed by atoms with Crippen molar-refractivity contribution in [2.24, 2.45) is 5.92 Å². The quantitative estimate of drug-likeness (QED) is 0.817. The summed E-state index contributed by atoms with van der Waals surface area (Å²) in [5.74, 6) is 0.790. The summed E-state index contributed by atoms with van der Waals surface area (Å²) in [5.41, 5.74) is 1.08. The molecular weight excluding hydrogens is 265 g/mol. The number of ether oxygens (including phenoxy) is 1. The zero-order valence-corrected chi connectivity index (χ0v) is 13.4. The molecule has 1 N–H and O–H groups in total. The average molecular weight is 293 g/mol. The van der Waals surface area contributed by atoms with Gasteiger partial charge in [0.2, 0.25) is 0 Å². The van der Waals surface area contributed by atoms with Crippen molar-refractivity contribution in [3.05, 3.63) is 35.6 Å². The van der Waals surface area contributed by atoms with Gasteiger partial charge in [0.15, 0.2) is 0 Å². The first kappa shape index (κ1) is 16.4. The first-order chi connectivity index (χ1) is 10.0. The average Bonchev–Trinajstić information content (AvgIpc) is 2.83. The molecule has 1 aliphatic heterocycles. The lowest BCUT2D eigenvalue weighted by Gasteiger charge is -2.22. The largest absolute Gasteiger partial charge is 0.375 e. The Hall–Kier alpha value is -0.930. The molecule has 0 spiro atoms. The van der Waals surface area contributed by atoms with Crippen LogP contribution >= 0.6 is 0 Å². The summed E-state index contributed by atoms with van der Waals surface area (Å²) in [5, 5.41) is 3.51. The lowest BCUT2D eigenvalue weighted by molar-refractivity contribution is 0.0465. The van der Waals surface area contributed by atoms with Crippen LogP contribution in [0.15, 0.2) is 24.3 Å². The minimum Gasteiger partial charge on any atom is -0.375 e. The molecule has 2 nitrogen and oxygen atoms in total. The summed E-state index contributed by atoms with van der Waals surface area (Å²) in [7, 11) is 0. The Morgan fingerprint density at radius 3 is 2.71 bits per heavy atom. The summed E-state index contributed by atoms with van der Waals surface area (Å²) < 4.78 is 19.5. The smallest absolute Gasteiger partial charge is 0.123 e. The van der Waals surface area contributed by atoms with Gasteiger partial charge >= 0.3 is 0 Å². The molecule has 1 fully saturated rings. The summed E-state index contributed by atoms with van der Waals surface area (Å²) in [6.07, 6.45) is 3.91. The van der Waals surface area contributed by atoms with Gasteiger partial charge in [-0.05, 0) is 62.3 Å². The molecule has 3 heteroatoms. The maximum absolute atomic E-state index is 13.5. The molecule has 1 heterocycles. The molecule has 0 amide bonds. The maximum Gasteiger partial charge on any atom is 0.123 e. The number of nitrogens with one attached hydrogen (secondary N) is 1. The van der Waals surface area contributed by atoms with E-state index in [9.17, 15) is 4.39 Å². The van der Waals surface area contributed by atoms with Crippen molar-refractivity contribution < 1.29 is 9.13 Å². The van der Waals surface area contributed by atoms with E-state index in [0.29, 0.717) is 24.0 Å². The molecule has 0 radical (unpaired) electrons. The first-order valence-corrected chi connectivity index (χ1v) is 8.16. The highest BCUT2D eigenvalue weighted by Gasteiger charge is 2.25. The Balaban J connectivity index is 1.99. The van der Waals surface area contributed by atoms with Crippen LogP contribution in [0.2, 0.25) is 0 Å². The molecule has 0 saturated carbocycles. The summed E-state index contributed by atoms with van der Waals surface area (Å²) in [4.78, 5) is 0. The van der Waals surface area contributed by atoms with Crippen LogP contribution in [0.5, 0.6) is 0 Å². The zero-order valence-electron chi connectivity index (χ0n) is 13.4. The highest BCUT2D eigenvalue weighted by molar-refractivity contribution is 5.21. The second kappa shape index (κ2) is 7.90. The minimum absolute atomic E-state index is 0.151. The molecule has 21 heavy (non-hydrogen) atoms. The van der Waals surface area contributed by atoms with E-state index in [0.717, 1.165) is 37.9 Å². The van der Waals surface area contributed by atoms with Crippen LogP contribution < -0.4 is 5.32 Å². The molecule has 118 valence electrons. The van der Waals surface area contributed by atoms with Gasteiger partial charge in [-0.15, -0.1) is 0 Å². The molecule has 2 rings (SSSR count). The minimum atomic E-state index is -0.151. The molecule has 0 aromatic heterocycles. The molecule has 1 aromatic rings. The van der Waals surface area contributed by atoms with Gasteiger partial charge in [0.1, 0.15) is 5.82 Å². The van der Waals surface area contributed by atoms with Crippen molar-refractivity contribution in [1.82, 2.24) is 5.32 Å². The van der Waals surface area contributed by atoms with Crippen LogP contribution in [0, 0.1) is 11.7 Å². The van der Waals surface area contributed by atoms with E-state index in [2.05, 4.69) is 26.1 Å². The standard InChI is InChI=1S/C18H28FNO/c1-13(2)11-20-12-16(10-18-8-7-14(3)21-18)15-5-4-6-17(19)9-15/h4-6,9,13-14,16,18,20H,7-8,10-12H2,1-3H3. The number of hydrogen-bond acceptors (Lipinski definition) is 2. The normalized spacial score (nSPS) is 23.7. The first-order valence-electron chi connectivity index (χ1n) is 8.16. The number of benzene rings is 1. The van der Waals surface area contributed by atoms with Gasteiger partial charge in [-0.3, -0.25) is 0 Å². The predicted octanol–water partition coefficient (Wildman–Crippen LogP) is 4.11. The summed E-state index contributed by atoms with van der Waals surface area (Å²) in [6.45, 7) is 8.41. The fraction of sp³-hybridized carbons (Fsp3) is 0.667.